The lowest BCUT2D eigenvalue weighted by Crippen LogP contribution is -2.14. The maximum absolute atomic E-state index is 5.85. The first kappa shape index (κ1) is 24.7. The molecule has 0 amide bonds. The average molecular weight is 437 g/mol. The molecule has 176 valence electrons. The zero-order valence-electron chi connectivity index (χ0n) is 20.5. The second-order valence-corrected chi connectivity index (χ2v) is 9.69. The molecular formula is C29H44N2O. The Morgan fingerprint density at radius 1 is 0.750 bits per heavy atom. The SMILES string of the molecule is CCCCCCC[C@H]1CC[C@H](c2cnc(-c3ccc(OCCCCCC)cc3)nc2)CC1. The van der Waals surface area contributed by atoms with Gasteiger partial charge in [0.1, 0.15) is 5.75 Å². The largest absolute Gasteiger partial charge is 0.494 e. The molecule has 0 aliphatic heterocycles. The zero-order valence-corrected chi connectivity index (χ0v) is 20.5. The highest BCUT2D eigenvalue weighted by molar-refractivity contribution is 5.56. The van der Waals surface area contributed by atoms with E-state index in [2.05, 4.69) is 38.4 Å². The van der Waals surface area contributed by atoms with Crippen LogP contribution in [0.4, 0.5) is 0 Å². The lowest BCUT2D eigenvalue weighted by molar-refractivity contribution is 0.301. The van der Waals surface area contributed by atoms with Crippen LogP contribution in [-0.2, 0) is 0 Å². The minimum atomic E-state index is 0.642. The van der Waals surface area contributed by atoms with Crippen molar-refractivity contribution in [3.05, 3.63) is 42.2 Å². The topological polar surface area (TPSA) is 35.0 Å². The molecule has 0 radical (unpaired) electrons. The second-order valence-electron chi connectivity index (χ2n) is 9.69. The standard InChI is InChI=1S/C29H44N2O/c1-3-5-7-9-10-12-24-13-15-25(16-14-24)27-22-30-29(31-23-27)26-17-19-28(20-18-26)32-21-11-8-6-4-2/h17-20,22-25H,3-16,21H2,1-2H3/t24-,25-. The number of hydrogen-bond acceptors (Lipinski definition) is 3. The molecule has 1 fully saturated rings. The van der Waals surface area contributed by atoms with E-state index in [0.717, 1.165) is 36.1 Å². The number of ether oxygens (including phenoxy) is 1. The molecule has 0 bridgehead atoms. The van der Waals surface area contributed by atoms with Crippen LogP contribution in [0.15, 0.2) is 36.7 Å². The maximum Gasteiger partial charge on any atom is 0.159 e. The van der Waals surface area contributed by atoms with Crippen LogP contribution in [0.2, 0.25) is 0 Å². The fourth-order valence-corrected chi connectivity index (χ4v) is 4.94. The van der Waals surface area contributed by atoms with Gasteiger partial charge in [0.05, 0.1) is 6.61 Å². The molecule has 1 aromatic carbocycles. The number of hydrogen-bond donors (Lipinski definition) is 0. The molecule has 0 atom stereocenters. The van der Waals surface area contributed by atoms with Crippen molar-refractivity contribution in [2.45, 2.75) is 110 Å². The quantitative estimate of drug-likeness (QED) is 0.278. The monoisotopic (exact) mass is 436 g/mol. The van der Waals surface area contributed by atoms with Gasteiger partial charge in [-0.3, -0.25) is 0 Å². The van der Waals surface area contributed by atoms with E-state index in [9.17, 15) is 0 Å². The first-order valence-electron chi connectivity index (χ1n) is 13.3. The molecule has 0 saturated heterocycles. The summed E-state index contributed by atoms with van der Waals surface area (Å²) in [7, 11) is 0. The highest BCUT2D eigenvalue weighted by atomic mass is 16.5. The second kappa shape index (κ2) is 14.3. The van der Waals surface area contributed by atoms with Crippen LogP contribution < -0.4 is 4.74 Å². The molecule has 3 heteroatoms. The van der Waals surface area contributed by atoms with Crippen LogP contribution in [0.25, 0.3) is 11.4 Å². The van der Waals surface area contributed by atoms with Crippen molar-refractivity contribution in [2.24, 2.45) is 5.92 Å². The molecule has 32 heavy (non-hydrogen) atoms. The Labute approximate surface area is 196 Å². The summed E-state index contributed by atoms with van der Waals surface area (Å²) in [6.07, 6.45) is 22.8. The third-order valence-corrected chi connectivity index (χ3v) is 7.09. The van der Waals surface area contributed by atoms with Crippen LogP contribution in [0, 0.1) is 5.92 Å². The molecule has 0 N–H and O–H groups in total. The predicted octanol–water partition coefficient (Wildman–Crippen LogP) is 8.74. The van der Waals surface area contributed by atoms with Crippen molar-refractivity contribution < 1.29 is 4.74 Å². The van der Waals surface area contributed by atoms with Gasteiger partial charge in [0.2, 0.25) is 0 Å². The molecule has 1 aliphatic carbocycles. The minimum Gasteiger partial charge on any atom is -0.494 e. The normalized spacial score (nSPS) is 18.6. The molecule has 3 nitrogen and oxygen atoms in total. The van der Waals surface area contributed by atoms with E-state index in [-0.39, 0.29) is 0 Å². The van der Waals surface area contributed by atoms with E-state index >= 15 is 0 Å². The van der Waals surface area contributed by atoms with E-state index in [1.807, 2.05) is 12.1 Å². The smallest absolute Gasteiger partial charge is 0.159 e. The summed E-state index contributed by atoms with van der Waals surface area (Å²) in [6.45, 7) is 5.32. The fraction of sp³-hybridized carbons (Fsp3) is 0.655. The number of rotatable bonds is 14. The molecule has 1 aliphatic rings. The van der Waals surface area contributed by atoms with E-state index in [1.54, 1.807) is 0 Å². The number of aromatic nitrogens is 2. The Kier molecular flexibility index (Phi) is 11.0. The van der Waals surface area contributed by atoms with Crippen molar-refractivity contribution in [3.63, 3.8) is 0 Å². The lowest BCUT2D eigenvalue weighted by Gasteiger charge is -2.28. The van der Waals surface area contributed by atoms with Gasteiger partial charge in [0.25, 0.3) is 0 Å². The van der Waals surface area contributed by atoms with Crippen LogP contribution >= 0.6 is 0 Å². The van der Waals surface area contributed by atoms with Crippen LogP contribution in [0.5, 0.6) is 5.75 Å². The minimum absolute atomic E-state index is 0.642. The maximum atomic E-state index is 5.85. The van der Waals surface area contributed by atoms with Crippen LogP contribution in [-0.4, -0.2) is 16.6 Å². The van der Waals surface area contributed by atoms with Gasteiger partial charge in [-0.05, 0) is 73.8 Å². The van der Waals surface area contributed by atoms with Gasteiger partial charge < -0.3 is 4.74 Å². The molecule has 0 spiro atoms. The summed E-state index contributed by atoms with van der Waals surface area (Å²) in [6, 6.07) is 8.22. The van der Waals surface area contributed by atoms with E-state index < -0.39 is 0 Å². The highest BCUT2D eigenvalue weighted by Crippen LogP contribution is 2.37. The summed E-state index contributed by atoms with van der Waals surface area (Å²) in [5, 5.41) is 0. The van der Waals surface area contributed by atoms with Gasteiger partial charge in [0, 0.05) is 18.0 Å². The summed E-state index contributed by atoms with van der Waals surface area (Å²) in [5.41, 5.74) is 2.38. The number of nitrogens with zero attached hydrogens (tertiary/aromatic N) is 2. The van der Waals surface area contributed by atoms with Crippen molar-refractivity contribution in [1.82, 2.24) is 9.97 Å². The molecule has 2 aromatic rings. The van der Waals surface area contributed by atoms with Crippen LogP contribution in [0.3, 0.4) is 0 Å². The summed E-state index contributed by atoms with van der Waals surface area (Å²) in [4.78, 5) is 9.39. The Morgan fingerprint density at radius 3 is 2.03 bits per heavy atom. The first-order valence-corrected chi connectivity index (χ1v) is 13.3. The van der Waals surface area contributed by atoms with Gasteiger partial charge >= 0.3 is 0 Å². The van der Waals surface area contributed by atoms with Crippen molar-refractivity contribution in [3.8, 4) is 17.1 Å². The Balaban J connectivity index is 1.41. The summed E-state index contributed by atoms with van der Waals surface area (Å²) in [5.74, 6) is 3.33. The summed E-state index contributed by atoms with van der Waals surface area (Å²) >= 11 is 0. The van der Waals surface area contributed by atoms with Crippen molar-refractivity contribution in [2.75, 3.05) is 6.61 Å². The molecular weight excluding hydrogens is 392 g/mol. The van der Waals surface area contributed by atoms with Gasteiger partial charge in [-0.2, -0.15) is 0 Å². The lowest BCUT2D eigenvalue weighted by atomic mass is 9.77. The van der Waals surface area contributed by atoms with Gasteiger partial charge in [-0.1, -0.05) is 71.6 Å². The van der Waals surface area contributed by atoms with Crippen molar-refractivity contribution in [1.29, 1.82) is 0 Å². The Morgan fingerprint density at radius 2 is 1.38 bits per heavy atom. The highest BCUT2D eigenvalue weighted by Gasteiger charge is 2.22. The third-order valence-electron chi connectivity index (χ3n) is 7.09. The number of benzene rings is 1. The van der Waals surface area contributed by atoms with E-state index in [1.165, 1.54) is 89.0 Å². The number of unbranched alkanes of at least 4 members (excludes halogenated alkanes) is 7. The third kappa shape index (κ3) is 8.22. The molecule has 1 heterocycles. The van der Waals surface area contributed by atoms with Gasteiger partial charge in [0.15, 0.2) is 5.82 Å². The van der Waals surface area contributed by atoms with Gasteiger partial charge in [-0.15, -0.1) is 0 Å². The van der Waals surface area contributed by atoms with E-state index in [4.69, 9.17) is 14.7 Å². The van der Waals surface area contributed by atoms with Gasteiger partial charge in [-0.25, -0.2) is 9.97 Å². The molecule has 3 rings (SSSR count). The average Bonchev–Trinajstić information content (AvgIpc) is 2.85. The summed E-state index contributed by atoms with van der Waals surface area (Å²) < 4.78 is 5.85. The Hall–Kier alpha value is -1.90. The van der Waals surface area contributed by atoms with Crippen LogP contribution in [0.1, 0.15) is 115 Å². The Bertz CT molecular complexity index is 733. The molecule has 1 aromatic heterocycles. The van der Waals surface area contributed by atoms with E-state index in [0.29, 0.717) is 5.92 Å². The zero-order chi connectivity index (χ0) is 22.4. The fourth-order valence-electron chi connectivity index (χ4n) is 4.94. The molecule has 1 saturated carbocycles. The molecule has 0 unspecified atom stereocenters. The first-order chi connectivity index (χ1) is 15.8. The van der Waals surface area contributed by atoms with Crippen molar-refractivity contribution >= 4 is 0 Å². The predicted molar refractivity (Wildman–Crippen MR) is 135 cm³/mol.